The number of likely N-dealkylation sites (N-methyl/N-ethyl adjacent to an activating group) is 1. The summed E-state index contributed by atoms with van der Waals surface area (Å²) >= 11 is 0. The minimum absolute atomic E-state index is 0. The first kappa shape index (κ1) is 48.8. The molecule has 2 heteroatoms. The van der Waals surface area contributed by atoms with Gasteiger partial charge in [-0.3, -0.25) is 4.90 Å². The van der Waals surface area contributed by atoms with Crippen LogP contribution in [0.2, 0.25) is 0 Å². The molecule has 0 saturated carbocycles. The highest BCUT2D eigenvalue weighted by Crippen LogP contribution is 2.25. The topological polar surface area (TPSA) is 3.24 Å². The van der Waals surface area contributed by atoms with E-state index in [1.54, 1.807) is 0 Å². The van der Waals surface area contributed by atoms with Crippen LogP contribution in [-0.2, 0) is 0 Å². The van der Waals surface area contributed by atoms with Crippen molar-refractivity contribution in [1.29, 1.82) is 0 Å². The Morgan fingerprint density at radius 3 is 0.702 bits per heavy atom. The molecule has 0 radical (unpaired) electrons. The van der Waals surface area contributed by atoms with Crippen molar-refractivity contribution in [2.45, 2.75) is 258 Å². The lowest BCUT2D eigenvalue weighted by molar-refractivity contribution is 0.195. The highest BCUT2D eigenvalue weighted by atomic mass is 35.5. The van der Waals surface area contributed by atoms with Crippen LogP contribution in [0.3, 0.4) is 0 Å². The van der Waals surface area contributed by atoms with Crippen LogP contribution in [0.25, 0.3) is 0 Å². The number of nitrogens with zero attached hydrogens (tertiary/aromatic N) is 1. The molecule has 0 aliphatic rings. The van der Waals surface area contributed by atoms with Crippen LogP contribution in [0, 0.1) is 0 Å². The molecule has 0 aromatic heterocycles. The van der Waals surface area contributed by atoms with Gasteiger partial charge in [-0.15, -0.1) is 12.4 Å². The summed E-state index contributed by atoms with van der Waals surface area (Å²) in [5, 5.41) is 0. The number of hydrogen-bond acceptors (Lipinski definition) is 1. The molecule has 0 heterocycles. The van der Waals surface area contributed by atoms with Gasteiger partial charge in [-0.2, -0.15) is 0 Å². The van der Waals surface area contributed by atoms with E-state index < -0.39 is 0 Å². The van der Waals surface area contributed by atoms with Crippen molar-refractivity contribution in [2.75, 3.05) is 7.05 Å². The van der Waals surface area contributed by atoms with Crippen LogP contribution < -0.4 is 0 Å². The van der Waals surface area contributed by atoms with Crippen LogP contribution in [0.5, 0.6) is 0 Å². The predicted molar refractivity (Wildman–Crippen MR) is 221 cm³/mol. The second-order valence-electron chi connectivity index (χ2n) is 15.6. The molecule has 0 aromatic rings. The normalized spacial score (nSPS) is 12.7. The molecule has 2 atom stereocenters. The average molecular weight is 681 g/mol. The van der Waals surface area contributed by atoms with Gasteiger partial charge in [-0.05, 0) is 33.7 Å². The second kappa shape index (κ2) is 38.5. The van der Waals surface area contributed by atoms with E-state index in [9.17, 15) is 0 Å². The summed E-state index contributed by atoms with van der Waals surface area (Å²) in [4.78, 5) is 2.63. The van der Waals surface area contributed by atoms with Crippen molar-refractivity contribution in [3.63, 3.8) is 0 Å². The molecule has 0 bridgehead atoms. The van der Waals surface area contributed by atoms with Crippen molar-refractivity contribution >= 4 is 12.4 Å². The highest BCUT2D eigenvalue weighted by Gasteiger charge is 2.23. The molecule has 2 unspecified atom stereocenters. The van der Waals surface area contributed by atoms with Gasteiger partial charge < -0.3 is 0 Å². The summed E-state index contributed by atoms with van der Waals surface area (Å²) in [5.74, 6) is 0. The molecular formula is C45H90ClN. The fourth-order valence-electron chi connectivity index (χ4n) is 7.58. The van der Waals surface area contributed by atoms with E-state index >= 15 is 0 Å². The molecule has 0 aliphatic heterocycles. The molecule has 0 N–H and O–H groups in total. The predicted octanol–water partition coefficient (Wildman–Crippen LogP) is 16.5. The Balaban J connectivity index is 0. The van der Waals surface area contributed by atoms with Crippen molar-refractivity contribution in [3.05, 3.63) is 24.3 Å². The van der Waals surface area contributed by atoms with Gasteiger partial charge in [0.15, 0.2) is 0 Å². The Morgan fingerprint density at radius 1 is 0.362 bits per heavy atom. The summed E-state index contributed by atoms with van der Waals surface area (Å²) in [6.45, 7) is 17.9. The van der Waals surface area contributed by atoms with Gasteiger partial charge in [-0.1, -0.05) is 244 Å². The van der Waals surface area contributed by atoms with E-state index in [2.05, 4.69) is 52.8 Å². The van der Waals surface area contributed by atoms with E-state index in [-0.39, 0.29) is 12.4 Å². The molecule has 0 rings (SSSR count). The van der Waals surface area contributed by atoms with E-state index in [1.807, 2.05) is 0 Å². The molecule has 0 spiro atoms. The Labute approximate surface area is 305 Å². The molecule has 1 nitrogen and oxygen atoms in total. The molecular weight excluding hydrogens is 590 g/mol. The summed E-state index contributed by atoms with van der Waals surface area (Å²) < 4.78 is 0. The maximum absolute atomic E-state index is 4.42. The van der Waals surface area contributed by atoms with Crippen molar-refractivity contribution in [3.8, 4) is 0 Å². The molecule has 0 saturated heterocycles. The number of halogens is 1. The van der Waals surface area contributed by atoms with Crippen LogP contribution >= 0.6 is 12.4 Å². The third kappa shape index (κ3) is 32.7. The Kier molecular flexibility index (Phi) is 40.0. The van der Waals surface area contributed by atoms with E-state index in [1.165, 1.54) is 229 Å². The smallest absolute Gasteiger partial charge is 0.0305 e. The molecule has 0 fully saturated rings. The maximum Gasteiger partial charge on any atom is 0.0305 e. The monoisotopic (exact) mass is 680 g/mol. The SMILES string of the molecule is C=C(C)C(CCCCCCCCCCCCCCCCCC)N(C)C(CCCCCCCCCCCCCCCCCC)C(=C)C.Cl. The summed E-state index contributed by atoms with van der Waals surface area (Å²) in [6, 6.07) is 0.990. The van der Waals surface area contributed by atoms with Gasteiger partial charge >= 0.3 is 0 Å². The lowest BCUT2D eigenvalue weighted by Gasteiger charge is -2.36. The average Bonchev–Trinajstić information content (AvgIpc) is 3.03. The minimum atomic E-state index is 0. The number of hydrogen-bond donors (Lipinski definition) is 0. The summed E-state index contributed by atoms with van der Waals surface area (Å²) in [5.41, 5.74) is 2.67. The Bertz CT molecular complexity index is 588. The molecule has 0 aliphatic carbocycles. The van der Waals surface area contributed by atoms with Gasteiger partial charge in [0.2, 0.25) is 0 Å². The van der Waals surface area contributed by atoms with Gasteiger partial charge in [0.1, 0.15) is 0 Å². The van der Waals surface area contributed by atoms with Crippen LogP contribution in [0.1, 0.15) is 246 Å². The first-order chi connectivity index (χ1) is 22.5. The molecule has 0 aromatic carbocycles. The van der Waals surface area contributed by atoms with E-state index in [0.717, 1.165) is 0 Å². The van der Waals surface area contributed by atoms with Gasteiger partial charge in [0, 0.05) is 12.1 Å². The lowest BCUT2D eigenvalue weighted by Crippen LogP contribution is -2.41. The first-order valence-corrected chi connectivity index (χ1v) is 21.5. The zero-order valence-electron chi connectivity index (χ0n) is 33.5. The number of unbranched alkanes of at least 4 members (excludes halogenated alkanes) is 30. The van der Waals surface area contributed by atoms with Crippen LogP contribution in [0.4, 0.5) is 0 Å². The number of rotatable bonds is 38. The second-order valence-corrected chi connectivity index (χ2v) is 15.6. The van der Waals surface area contributed by atoms with Crippen molar-refractivity contribution in [1.82, 2.24) is 4.90 Å². The molecule has 282 valence electrons. The maximum atomic E-state index is 4.42. The van der Waals surface area contributed by atoms with Gasteiger partial charge in [-0.25, -0.2) is 0 Å². The molecule has 47 heavy (non-hydrogen) atoms. The van der Waals surface area contributed by atoms with Gasteiger partial charge in [0.25, 0.3) is 0 Å². The fourth-order valence-corrected chi connectivity index (χ4v) is 7.58. The highest BCUT2D eigenvalue weighted by molar-refractivity contribution is 5.85. The minimum Gasteiger partial charge on any atom is -0.293 e. The Morgan fingerprint density at radius 2 is 0.532 bits per heavy atom. The first-order valence-electron chi connectivity index (χ1n) is 21.5. The van der Waals surface area contributed by atoms with Gasteiger partial charge in [0.05, 0.1) is 0 Å². The third-order valence-electron chi connectivity index (χ3n) is 10.8. The standard InChI is InChI=1S/C45H89N.ClH/c1-8-10-12-14-16-18-20-22-24-26-28-30-32-34-36-38-40-44(42(3)4)46(7)45(43(5)6)41-39-37-35-33-31-29-27-25-23-21-19-17-15-13-11-9-2;/h44-45H,3,5,8-41H2,1-2,4,6-7H3;1H. The summed E-state index contributed by atoms with van der Waals surface area (Å²) in [7, 11) is 2.34. The van der Waals surface area contributed by atoms with Crippen LogP contribution in [-0.4, -0.2) is 24.0 Å². The zero-order chi connectivity index (χ0) is 33.9. The largest absolute Gasteiger partial charge is 0.293 e. The summed E-state index contributed by atoms with van der Waals surface area (Å²) in [6.07, 6.45) is 48.4. The van der Waals surface area contributed by atoms with Crippen molar-refractivity contribution < 1.29 is 0 Å². The molecule has 0 amide bonds. The van der Waals surface area contributed by atoms with E-state index in [4.69, 9.17) is 0 Å². The van der Waals surface area contributed by atoms with Crippen LogP contribution in [0.15, 0.2) is 24.3 Å². The van der Waals surface area contributed by atoms with Crippen molar-refractivity contribution in [2.24, 2.45) is 0 Å². The van der Waals surface area contributed by atoms with E-state index in [0.29, 0.717) is 12.1 Å². The quantitative estimate of drug-likeness (QED) is 0.0463. The zero-order valence-corrected chi connectivity index (χ0v) is 34.3. The fraction of sp³-hybridized carbons (Fsp3) is 0.911. The third-order valence-corrected chi connectivity index (χ3v) is 10.8. The lowest BCUT2D eigenvalue weighted by atomic mass is 9.94. The Hall–Kier alpha value is -0.270.